The fourth-order valence-electron chi connectivity index (χ4n) is 1.74. The highest BCUT2D eigenvalue weighted by Crippen LogP contribution is 2.23. The zero-order valence-corrected chi connectivity index (χ0v) is 12.8. The lowest BCUT2D eigenvalue weighted by Crippen LogP contribution is -2.28. The second-order valence-corrected chi connectivity index (χ2v) is 5.21. The molecule has 1 aromatic carbocycles. The Bertz CT molecular complexity index is 701. The molecule has 2 N–H and O–H groups in total. The first kappa shape index (κ1) is 15.7. The molecule has 0 aliphatic heterocycles. The van der Waals surface area contributed by atoms with E-state index in [9.17, 15) is 14.9 Å². The molecule has 0 fully saturated rings. The Hall–Kier alpha value is -2.68. The molecule has 0 saturated heterocycles. The number of methoxy groups -OCH3 is 1. The Morgan fingerprint density at radius 1 is 1.50 bits per heavy atom. The lowest BCUT2D eigenvalue weighted by molar-refractivity contribution is -0.384. The number of benzene rings is 1. The summed E-state index contributed by atoms with van der Waals surface area (Å²) in [6, 6.07) is 3.77. The molecule has 0 radical (unpaired) electrons. The molecule has 116 valence electrons. The van der Waals surface area contributed by atoms with Crippen molar-refractivity contribution in [2.24, 2.45) is 0 Å². The van der Waals surface area contributed by atoms with E-state index in [1.54, 1.807) is 0 Å². The Morgan fingerprint density at radius 3 is 2.86 bits per heavy atom. The van der Waals surface area contributed by atoms with Gasteiger partial charge in [0.25, 0.3) is 5.69 Å². The van der Waals surface area contributed by atoms with E-state index in [0.29, 0.717) is 16.4 Å². The number of aromatic nitrogens is 1. The van der Waals surface area contributed by atoms with Crippen LogP contribution >= 0.6 is 11.3 Å². The molecule has 2 aromatic rings. The first-order valence-corrected chi connectivity index (χ1v) is 7.16. The molecule has 0 aliphatic carbocycles. The van der Waals surface area contributed by atoms with Crippen LogP contribution in [0.4, 0.5) is 15.6 Å². The molecule has 0 saturated carbocycles. The molecule has 8 nitrogen and oxygen atoms in total. The Kier molecular flexibility index (Phi) is 4.89. The van der Waals surface area contributed by atoms with Crippen LogP contribution in [-0.2, 0) is 6.54 Å². The molecule has 2 rings (SSSR count). The highest BCUT2D eigenvalue weighted by Gasteiger charge is 2.12. The van der Waals surface area contributed by atoms with Gasteiger partial charge in [0, 0.05) is 29.6 Å². The zero-order valence-electron chi connectivity index (χ0n) is 12.0. The smallest absolute Gasteiger partial charge is 0.321 e. The first-order chi connectivity index (χ1) is 10.5. The number of aryl methyl sites for hydroxylation is 1. The molecule has 1 heterocycles. The Balaban J connectivity index is 2.02. The second kappa shape index (κ2) is 6.85. The molecule has 22 heavy (non-hydrogen) atoms. The minimum atomic E-state index is -0.499. The third-order valence-electron chi connectivity index (χ3n) is 2.75. The van der Waals surface area contributed by atoms with Crippen LogP contribution in [0.3, 0.4) is 0 Å². The van der Waals surface area contributed by atoms with E-state index in [1.807, 2.05) is 12.3 Å². The molecule has 0 aliphatic rings. The summed E-state index contributed by atoms with van der Waals surface area (Å²) in [5.41, 5.74) is 1.27. The van der Waals surface area contributed by atoms with Gasteiger partial charge in [0.05, 0.1) is 17.7 Å². The van der Waals surface area contributed by atoms with E-state index in [1.165, 1.54) is 36.6 Å². The summed E-state index contributed by atoms with van der Waals surface area (Å²) in [4.78, 5) is 26.2. The molecule has 0 atom stereocenters. The monoisotopic (exact) mass is 322 g/mol. The van der Waals surface area contributed by atoms with Gasteiger partial charge in [-0.1, -0.05) is 0 Å². The number of nitrogens with zero attached hydrogens (tertiary/aromatic N) is 2. The first-order valence-electron chi connectivity index (χ1n) is 6.28. The van der Waals surface area contributed by atoms with Gasteiger partial charge < -0.3 is 10.1 Å². The van der Waals surface area contributed by atoms with E-state index in [0.717, 1.165) is 5.69 Å². The number of nitro groups is 1. The van der Waals surface area contributed by atoms with Gasteiger partial charge in [0.2, 0.25) is 0 Å². The minimum Gasteiger partial charge on any atom is -0.496 e. The predicted molar refractivity (Wildman–Crippen MR) is 82.4 cm³/mol. The van der Waals surface area contributed by atoms with E-state index < -0.39 is 11.0 Å². The number of thiazole rings is 1. The van der Waals surface area contributed by atoms with Crippen molar-refractivity contribution in [1.82, 2.24) is 10.3 Å². The van der Waals surface area contributed by atoms with Crippen LogP contribution in [0.1, 0.15) is 11.3 Å². The van der Waals surface area contributed by atoms with Crippen molar-refractivity contribution in [2.45, 2.75) is 13.5 Å². The van der Waals surface area contributed by atoms with Crippen LogP contribution in [0, 0.1) is 17.0 Å². The maximum Gasteiger partial charge on any atom is 0.321 e. The number of hydrogen-bond acceptors (Lipinski definition) is 6. The van der Waals surface area contributed by atoms with Gasteiger partial charge in [0.1, 0.15) is 5.75 Å². The van der Waals surface area contributed by atoms with Crippen molar-refractivity contribution in [1.29, 1.82) is 0 Å². The van der Waals surface area contributed by atoms with Gasteiger partial charge in [-0.2, -0.15) is 0 Å². The number of carbonyl (C=O) groups excluding carboxylic acids is 1. The van der Waals surface area contributed by atoms with E-state index in [4.69, 9.17) is 4.74 Å². The lowest BCUT2D eigenvalue weighted by atomic mass is 10.2. The summed E-state index contributed by atoms with van der Waals surface area (Å²) in [7, 11) is 1.46. The SMILES string of the molecule is COc1ccc([N+](=O)[O-])cc1CNC(=O)Nc1nc(C)cs1. The Morgan fingerprint density at radius 2 is 2.27 bits per heavy atom. The number of amides is 2. The summed E-state index contributed by atoms with van der Waals surface area (Å²) in [5, 5.41) is 18.3. The van der Waals surface area contributed by atoms with Gasteiger partial charge in [-0.15, -0.1) is 11.3 Å². The summed E-state index contributed by atoms with van der Waals surface area (Å²) in [6.45, 7) is 1.93. The van der Waals surface area contributed by atoms with Crippen molar-refractivity contribution in [3.63, 3.8) is 0 Å². The van der Waals surface area contributed by atoms with Crippen molar-refractivity contribution >= 4 is 28.2 Å². The number of carbonyl (C=O) groups is 1. The summed E-state index contributed by atoms with van der Waals surface area (Å²) >= 11 is 1.32. The largest absolute Gasteiger partial charge is 0.496 e. The minimum absolute atomic E-state index is 0.0615. The van der Waals surface area contributed by atoms with Crippen molar-refractivity contribution in [3.8, 4) is 5.75 Å². The highest BCUT2D eigenvalue weighted by molar-refractivity contribution is 7.13. The third kappa shape index (κ3) is 3.92. The molecular weight excluding hydrogens is 308 g/mol. The van der Waals surface area contributed by atoms with Crippen LogP contribution in [-0.4, -0.2) is 23.0 Å². The quantitative estimate of drug-likeness (QED) is 0.650. The fourth-order valence-corrected chi connectivity index (χ4v) is 2.43. The van der Waals surface area contributed by atoms with Gasteiger partial charge in [0.15, 0.2) is 5.13 Å². The number of non-ortho nitro benzene ring substituents is 1. The third-order valence-corrected chi connectivity index (χ3v) is 3.63. The van der Waals surface area contributed by atoms with E-state index in [-0.39, 0.29) is 12.2 Å². The fraction of sp³-hybridized carbons (Fsp3) is 0.231. The van der Waals surface area contributed by atoms with Crippen molar-refractivity contribution in [2.75, 3.05) is 12.4 Å². The van der Waals surface area contributed by atoms with E-state index >= 15 is 0 Å². The average molecular weight is 322 g/mol. The summed E-state index contributed by atoms with van der Waals surface area (Å²) in [6.07, 6.45) is 0. The van der Waals surface area contributed by atoms with Gasteiger partial charge in [-0.3, -0.25) is 15.4 Å². The van der Waals surface area contributed by atoms with Crippen molar-refractivity contribution in [3.05, 3.63) is 45.0 Å². The van der Waals surface area contributed by atoms with Crippen molar-refractivity contribution < 1.29 is 14.5 Å². The topological polar surface area (TPSA) is 106 Å². The number of ether oxygens (including phenoxy) is 1. The van der Waals surface area contributed by atoms with Crippen LogP contribution < -0.4 is 15.4 Å². The summed E-state index contributed by atoms with van der Waals surface area (Å²) in [5.74, 6) is 0.469. The van der Waals surface area contributed by atoms with Crippen LogP contribution in [0.15, 0.2) is 23.6 Å². The maximum absolute atomic E-state index is 11.8. The number of nitrogens with one attached hydrogen (secondary N) is 2. The van der Waals surface area contributed by atoms with Crippen LogP contribution in [0.5, 0.6) is 5.75 Å². The molecule has 9 heteroatoms. The number of hydrogen-bond donors (Lipinski definition) is 2. The second-order valence-electron chi connectivity index (χ2n) is 4.35. The number of urea groups is 1. The van der Waals surface area contributed by atoms with Gasteiger partial charge in [-0.05, 0) is 13.0 Å². The highest BCUT2D eigenvalue weighted by atomic mass is 32.1. The van der Waals surface area contributed by atoms with E-state index in [2.05, 4.69) is 15.6 Å². The Labute approximate surface area is 130 Å². The maximum atomic E-state index is 11.8. The molecule has 0 spiro atoms. The number of nitro benzene ring substituents is 1. The van der Waals surface area contributed by atoms with Gasteiger partial charge >= 0.3 is 6.03 Å². The standard InChI is InChI=1S/C13H14N4O4S/c1-8-7-22-13(15-8)16-12(18)14-6-9-5-10(17(19)20)3-4-11(9)21-2/h3-5,7H,6H2,1-2H3,(H2,14,15,16,18). The zero-order chi connectivity index (χ0) is 16.1. The van der Waals surface area contributed by atoms with Gasteiger partial charge in [-0.25, -0.2) is 9.78 Å². The predicted octanol–water partition coefficient (Wildman–Crippen LogP) is 2.69. The average Bonchev–Trinajstić information content (AvgIpc) is 2.89. The normalized spacial score (nSPS) is 10.1. The molecular formula is C13H14N4O4S. The lowest BCUT2D eigenvalue weighted by Gasteiger charge is -2.09. The number of anilines is 1. The molecule has 1 aromatic heterocycles. The molecule has 2 amide bonds. The van der Waals surface area contributed by atoms with Crippen LogP contribution in [0.25, 0.3) is 0 Å². The molecule has 0 bridgehead atoms. The number of rotatable bonds is 5. The van der Waals surface area contributed by atoms with Crippen LogP contribution in [0.2, 0.25) is 0 Å². The summed E-state index contributed by atoms with van der Waals surface area (Å²) < 4.78 is 5.13. The molecule has 0 unspecified atom stereocenters.